The van der Waals surface area contributed by atoms with Crippen LogP contribution in [0.5, 0.6) is 0 Å². The van der Waals surface area contributed by atoms with Crippen molar-refractivity contribution in [1.82, 2.24) is 8.87 Å². The van der Waals surface area contributed by atoms with Gasteiger partial charge in [-0.1, -0.05) is 24.3 Å². The summed E-state index contributed by atoms with van der Waals surface area (Å²) in [5.74, 6) is -0.620. The minimum Gasteiger partial charge on any atom is -0.374 e. The molecule has 0 saturated heterocycles. The van der Waals surface area contributed by atoms with Gasteiger partial charge in [-0.05, 0) is 30.3 Å². The molecule has 0 N–H and O–H groups in total. The standard InChI is InChI=1S/C21H16N4O3S/c1-24(2)18(10-11-22)21(26)20-13-16-9-8-15(14-23)12-19(16)25(20)29(27,28)17-6-4-3-5-7-17/h3-10,12-13H,1-2H3. The fourth-order valence-electron chi connectivity index (χ4n) is 2.95. The number of Topliss-reactive ketones (excluding diaryl/α,β-unsaturated/α-hetero) is 1. The molecule has 0 aliphatic carbocycles. The summed E-state index contributed by atoms with van der Waals surface area (Å²) in [6.45, 7) is 0. The summed E-state index contributed by atoms with van der Waals surface area (Å²) >= 11 is 0. The lowest BCUT2D eigenvalue weighted by atomic mass is 10.1. The highest BCUT2D eigenvalue weighted by Gasteiger charge is 2.28. The van der Waals surface area contributed by atoms with Crippen molar-refractivity contribution in [2.75, 3.05) is 14.1 Å². The fourth-order valence-corrected chi connectivity index (χ4v) is 4.48. The minimum atomic E-state index is -4.14. The number of hydrogen-bond donors (Lipinski definition) is 0. The second-order valence-electron chi connectivity index (χ2n) is 6.38. The number of carbonyl (C=O) groups is 1. The molecule has 0 spiro atoms. The van der Waals surface area contributed by atoms with E-state index < -0.39 is 15.8 Å². The predicted octanol–water partition coefficient (Wildman–Crippen LogP) is 2.90. The van der Waals surface area contributed by atoms with E-state index in [1.807, 2.05) is 12.1 Å². The molecule has 3 rings (SSSR count). The number of nitrogens with zero attached hydrogens (tertiary/aromatic N) is 4. The average molecular weight is 404 g/mol. The van der Waals surface area contributed by atoms with Crippen molar-refractivity contribution in [3.63, 3.8) is 0 Å². The molecule has 3 aromatic rings. The lowest BCUT2D eigenvalue weighted by Crippen LogP contribution is -2.24. The van der Waals surface area contributed by atoms with Crippen LogP contribution in [0.2, 0.25) is 0 Å². The molecule has 8 heteroatoms. The number of carbonyl (C=O) groups excluding carboxylic acids is 1. The van der Waals surface area contributed by atoms with Crippen molar-refractivity contribution in [2.24, 2.45) is 0 Å². The molecular weight excluding hydrogens is 388 g/mol. The van der Waals surface area contributed by atoms with Crippen LogP contribution in [0, 0.1) is 22.7 Å². The maximum Gasteiger partial charge on any atom is 0.268 e. The molecule has 0 aliphatic heterocycles. The van der Waals surface area contributed by atoms with Gasteiger partial charge < -0.3 is 4.90 Å². The van der Waals surface area contributed by atoms with Gasteiger partial charge in [-0.2, -0.15) is 10.5 Å². The SMILES string of the molecule is CN(C)C(=CC#N)C(=O)c1cc2ccc(C#N)cc2n1S(=O)(=O)c1ccccc1. The molecule has 1 aromatic heterocycles. The third kappa shape index (κ3) is 3.49. The van der Waals surface area contributed by atoms with Gasteiger partial charge in [0.25, 0.3) is 10.0 Å². The van der Waals surface area contributed by atoms with E-state index in [1.54, 1.807) is 44.4 Å². The predicted molar refractivity (Wildman–Crippen MR) is 107 cm³/mol. The van der Waals surface area contributed by atoms with Gasteiger partial charge in [0.05, 0.1) is 33.8 Å². The number of aromatic nitrogens is 1. The monoisotopic (exact) mass is 404 g/mol. The van der Waals surface area contributed by atoms with Gasteiger partial charge in [-0.25, -0.2) is 12.4 Å². The van der Waals surface area contributed by atoms with Crippen LogP contribution in [0.15, 0.2) is 71.3 Å². The van der Waals surface area contributed by atoms with Crippen molar-refractivity contribution in [1.29, 1.82) is 10.5 Å². The van der Waals surface area contributed by atoms with E-state index in [0.29, 0.717) is 5.39 Å². The van der Waals surface area contributed by atoms with Crippen LogP contribution in [0.1, 0.15) is 16.1 Å². The Morgan fingerprint density at radius 1 is 1.07 bits per heavy atom. The lowest BCUT2D eigenvalue weighted by molar-refractivity contribution is 0.0999. The zero-order valence-electron chi connectivity index (χ0n) is 15.7. The molecule has 0 aliphatic rings. The highest BCUT2D eigenvalue weighted by atomic mass is 32.2. The molecule has 0 atom stereocenters. The van der Waals surface area contributed by atoms with E-state index in [2.05, 4.69) is 0 Å². The Kier molecular flexibility index (Phi) is 5.22. The maximum atomic E-state index is 13.4. The Morgan fingerprint density at radius 3 is 2.34 bits per heavy atom. The highest BCUT2D eigenvalue weighted by Crippen LogP contribution is 2.28. The Balaban J connectivity index is 2.39. The van der Waals surface area contributed by atoms with Crippen LogP contribution in [0.25, 0.3) is 10.9 Å². The first-order valence-electron chi connectivity index (χ1n) is 8.49. The molecule has 0 fully saturated rings. The number of nitriles is 2. The van der Waals surface area contributed by atoms with E-state index in [-0.39, 0.29) is 27.4 Å². The first-order chi connectivity index (χ1) is 13.8. The smallest absolute Gasteiger partial charge is 0.268 e. The van der Waals surface area contributed by atoms with Crippen molar-refractivity contribution in [3.05, 3.63) is 77.6 Å². The van der Waals surface area contributed by atoms with Crippen LogP contribution >= 0.6 is 0 Å². The van der Waals surface area contributed by atoms with Crippen molar-refractivity contribution in [2.45, 2.75) is 4.90 Å². The lowest BCUT2D eigenvalue weighted by Gasteiger charge is -2.17. The molecule has 0 bridgehead atoms. The average Bonchev–Trinajstić information content (AvgIpc) is 3.11. The highest BCUT2D eigenvalue weighted by molar-refractivity contribution is 7.90. The van der Waals surface area contributed by atoms with Gasteiger partial charge in [0, 0.05) is 25.6 Å². The largest absolute Gasteiger partial charge is 0.374 e. The molecular formula is C21H16N4O3S. The zero-order valence-corrected chi connectivity index (χ0v) is 16.5. The topological polar surface area (TPSA) is 107 Å². The first-order valence-corrected chi connectivity index (χ1v) is 9.93. The summed E-state index contributed by atoms with van der Waals surface area (Å²) in [6, 6.07) is 17.5. The molecule has 29 heavy (non-hydrogen) atoms. The molecule has 0 unspecified atom stereocenters. The van der Waals surface area contributed by atoms with Crippen molar-refractivity contribution < 1.29 is 13.2 Å². The number of benzene rings is 2. The maximum absolute atomic E-state index is 13.4. The van der Waals surface area contributed by atoms with Crippen molar-refractivity contribution in [3.8, 4) is 12.1 Å². The second-order valence-corrected chi connectivity index (χ2v) is 8.17. The quantitative estimate of drug-likeness (QED) is 0.368. The Hall–Kier alpha value is -3.88. The van der Waals surface area contributed by atoms with Gasteiger partial charge in [0.1, 0.15) is 5.69 Å². The van der Waals surface area contributed by atoms with Crippen LogP contribution in [0.3, 0.4) is 0 Å². The zero-order chi connectivity index (χ0) is 21.2. The third-order valence-electron chi connectivity index (χ3n) is 4.32. The van der Waals surface area contributed by atoms with E-state index >= 15 is 0 Å². The summed E-state index contributed by atoms with van der Waals surface area (Å²) in [5.41, 5.74) is 0.403. The molecule has 0 radical (unpaired) electrons. The van der Waals surface area contributed by atoms with Gasteiger partial charge in [-0.3, -0.25) is 4.79 Å². The molecule has 1 heterocycles. The number of allylic oxidation sites excluding steroid dienone is 2. The van der Waals surface area contributed by atoms with E-state index in [4.69, 9.17) is 5.26 Å². The first kappa shape index (κ1) is 19.9. The summed E-state index contributed by atoms with van der Waals surface area (Å²) in [6.07, 6.45) is 1.07. The molecule has 0 amide bonds. The van der Waals surface area contributed by atoms with E-state index in [0.717, 1.165) is 10.0 Å². The number of fused-ring (bicyclic) bond motifs is 1. The summed E-state index contributed by atoms with van der Waals surface area (Å²) in [5, 5.41) is 18.7. The van der Waals surface area contributed by atoms with Gasteiger partial charge in [0.15, 0.2) is 0 Å². The Morgan fingerprint density at radius 2 is 1.76 bits per heavy atom. The number of hydrogen-bond acceptors (Lipinski definition) is 6. The van der Waals surface area contributed by atoms with Crippen LogP contribution in [-0.4, -0.2) is 37.2 Å². The Labute approximate surface area is 168 Å². The van der Waals surface area contributed by atoms with Crippen molar-refractivity contribution >= 4 is 26.7 Å². The molecule has 2 aromatic carbocycles. The normalized spacial score (nSPS) is 11.7. The van der Waals surface area contributed by atoms with E-state index in [1.165, 1.54) is 29.2 Å². The Bertz CT molecular complexity index is 1320. The van der Waals surface area contributed by atoms with Gasteiger partial charge >= 0.3 is 0 Å². The third-order valence-corrected chi connectivity index (χ3v) is 6.06. The molecule has 0 saturated carbocycles. The summed E-state index contributed by atoms with van der Waals surface area (Å²) < 4.78 is 27.8. The van der Waals surface area contributed by atoms with Crippen LogP contribution in [0.4, 0.5) is 0 Å². The molecule has 144 valence electrons. The fraction of sp³-hybridized carbons (Fsp3) is 0.0952. The molecule has 7 nitrogen and oxygen atoms in total. The number of rotatable bonds is 5. The van der Waals surface area contributed by atoms with E-state index in [9.17, 15) is 18.5 Å². The second kappa shape index (κ2) is 7.63. The summed E-state index contributed by atoms with van der Waals surface area (Å²) in [7, 11) is -0.958. The van der Waals surface area contributed by atoms with Gasteiger partial charge in [-0.15, -0.1) is 0 Å². The van der Waals surface area contributed by atoms with Gasteiger partial charge in [0.2, 0.25) is 5.78 Å². The summed E-state index contributed by atoms with van der Waals surface area (Å²) in [4.78, 5) is 14.6. The minimum absolute atomic E-state index is 0.00424. The van der Waals surface area contributed by atoms with Crippen LogP contribution < -0.4 is 0 Å². The number of likely N-dealkylation sites (N-methyl/N-ethyl adjacent to an activating group) is 1. The number of ketones is 1. The van der Waals surface area contributed by atoms with Crippen LogP contribution in [-0.2, 0) is 10.0 Å².